The Bertz CT molecular complexity index is 176. The van der Waals surface area contributed by atoms with Crippen LogP contribution in [0.15, 0.2) is 0 Å². The predicted molar refractivity (Wildman–Crippen MR) is 50.0 cm³/mol. The molecule has 2 nitrogen and oxygen atoms in total. The van der Waals surface area contributed by atoms with Crippen molar-refractivity contribution in [2.24, 2.45) is 0 Å². The SMILES string of the molecule is BC1OC2(CC)CC(C)O[C@H]1C2. The molecule has 2 heterocycles. The van der Waals surface area contributed by atoms with Crippen molar-refractivity contribution in [3.63, 3.8) is 0 Å². The van der Waals surface area contributed by atoms with Crippen molar-refractivity contribution in [1.82, 2.24) is 0 Å². The topological polar surface area (TPSA) is 18.5 Å². The van der Waals surface area contributed by atoms with Gasteiger partial charge in [-0.15, -0.1) is 0 Å². The summed E-state index contributed by atoms with van der Waals surface area (Å²) in [7, 11) is 2.13. The van der Waals surface area contributed by atoms with Gasteiger partial charge in [-0.1, -0.05) is 6.92 Å². The highest BCUT2D eigenvalue weighted by atomic mass is 16.6. The number of rotatable bonds is 1. The van der Waals surface area contributed by atoms with E-state index in [1.165, 1.54) is 0 Å². The van der Waals surface area contributed by atoms with Crippen LogP contribution < -0.4 is 0 Å². The van der Waals surface area contributed by atoms with Gasteiger partial charge >= 0.3 is 0 Å². The zero-order valence-corrected chi connectivity index (χ0v) is 8.17. The molecule has 0 spiro atoms. The minimum Gasteiger partial charge on any atom is -0.378 e. The Morgan fingerprint density at radius 2 is 2.25 bits per heavy atom. The molecule has 0 N–H and O–H groups in total. The minimum absolute atomic E-state index is 0.155. The van der Waals surface area contributed by atoms with Crippen molar-refractivity contribution < 1.29 is 9.47 Å². The van der Waals surface area contributed by atoms with Gasteiger partial charge in [-0.2, -0.15) is 0 Å². The van der Waals surface area contributed by atoms with E-state index in [2.05, 4.69) is 21.7 Å². The fourth-order valence-corrected chi connectivity index (χ4v) is 2.58. The average Bonchev–Trinajstić information content (AvgIpc) is 2.24. The van der Waals surface area contributed by atoms with Gasteiger partial charge in [0, 0.05) is 12.8 Å². The highest BCUT2D eigenvalue weighted by Gasteiger charge is 2.48. The predicted octanol–water partition coefficient (Wildman–Crippen LogP) is 0.692. The van der Waals surface area contributed by atoms with Gasteiger partial charge < -0.3 is 9.47 Å². The summed E-state index contributed by atoms with van der Waals surface area (Å²) in [4.78, 5) is 0. The van der Waals surface area contributed by atoms with E-state index in [9.17, 15) is 0 Å². The molecule has 12 heavy (non-hydrogen) atoms. The van der Waals surface area contributed by atoms with Gasteiger partial charge in [0.25, 0.3) is 0 Å². The molecule has 0 aromatic rings. The van der Waals surface area contributed by atoms with Gasteiger partial charge in [0.2, 0.25) is 0 Å². The van der Waals surface area contributed by atoms with Crippen LogP contribution in [0.5, 0.6) is 0 Å². The molecule has 2 rings (SSSR count). The first-order valence-corrected chi connectivity index (χ1v) is 4.98. The number of hydrogen-bond donors (Lipinski definition) is 0. The fourth-order valence-electron chi connectivity index (χ4n) is 2.58. The molecule has 2 bridgehead atoms. The first-order valence-electron chi connectivity index (χ1n) is 4.98. The maximum absolute atomic E-state index is 5.97. The summed E-state index contributed by atoms with van der Waals surface area (Å²) >= 11 is 0. The van der Waals surface area contributed by atoms with Crippen LogP contribution in [-0.2, 0) is 9.47 Å². The summed E-state index contributed by atoms with van der Waals surface area (Å²) in [6.07, 6.45) is 4.04. The van der Waals surface area contributed by atoms with E-state index in [0.29, 0.717) is 18.2 Å². The largest absolute Gasteiger partial charge is 0.378 e. The Kier molecular flexibility index (Phi) is 1.96. The summed E-state index contributed by atoms with van der Waals surface area (Å²) in [6.45, 7) is 4.37. The van der Waals surface area contributed by atoms with E-state index in [-0.39, 0.29) is 5.60 Å². The van der Waals surface area contributed by atoms with E-state index >= 15 is 0 Å². The monoisotopic (exact) mass is 168 g/mol. The Morgan fingerprint density at radius 1 is 1.50 bits per heavy atom. The first-order chi connectivity index (χ1) is 5.65. The van der Waals surface area contributed by atoms with Gasteiger partial charge in [-0.25, -0.2) is 0 Å². The smallest absolute Gasteiger partial charge is 0.142 e. The molecule has 3 unspecified atom stereocenters. The third-order valence-corrected chi connectivity index (χ3v) is 3.24. The second-order valence-electron chi connectivity index (χ2n) is 4.25. The molecular formula is C9H17BO2. The first kappa shape index (κ1) is 8.58. The van der Waals surface area contributed by atoms with Gasteiger partial charge in [0.15, 0.2) is 0 Å². The fraction of sp³-hybridized carbons (Fsp3) is 1.00. The molecule has 0 saturated carbocycles. The van der Waals surface area contributed by atoms with Crippen molar-refractivity contribution in [3.05, 3.63) is 0 Å². The maximum Gasteiger partial charge on any atom is 0.142 e. The second-order valence-corrected chi connectivity index (χ2v) is 4.25. The van der Waals surface area contributed by atoms with Crippen molar-refractivity contribution in [3.8, 4) is 0 Å². The van der Waals surface area contributed by atoms with E-state index < -0.39 is 0 Å². The van der Waals surface area contributed by atoms with Crippen LogP contribution in [0.4, 0.5) is 0 Å². The molecule has 0 aromatic heterocycles. The molecule has 2 aliphatic rings. The van der Waals surface area contributed by atoms with Crippen LogP contribution in [0.25, 0.3) is 0 Å². The van der Waals surface area contributed by atoms with Gasteiger partial charge in [-0.05, 0) is 13.3 Å². The van der Waals surface area contributed by atoms with E-state index in [1.807, 2.05) is 0 Å². The van der Waals surface area contributed by atoms with Crippen LogP contribution in [-0.4, -0.2) is 31.7 Å². The Balaban J connectivity index is 2.16. The Morgan fingerprint density at radius 3 is 2.92 bits per heavy atom. The van der Waals surface area contributed by atoms with E-state index in [1.54, 1.807) is 0 Å². The summed E-state index contributed by atoms with van der Waals surface area (Å²) < 4.78 is 11.8. The molecule has 4 atom stereocenters. The molecule has 0 aromatic carbocycles. The maximum atomic E-state index is 5.97. The van der Waals surface area contributed by atoms with Gasteiger partial charge in [-0.3, -0.25) is 0 Å². The molecule has 2 fully saturated rings. The van der Waals surface area contributed by atoms with Gasteiger partial charge in [0.05, 0.1) is 23.8 Å². The highest BCUT2D eigenvalue weighted by molar-refractivity contribution is 6.11. The highest BCUT2D eigenvalue weighted by Crippen LogP contribution is 2.42. The van der Waals surface area contributed by atoms with E-state index in [4.69, 9.17) is 9.47 Å². The van der Waals surface area contributed by atoms with Crippen molar-refractivity contribution in [2.45, 2.75) is 56.9 Å². The average molecular weight is 168 g/mol. The number of fused-ring (bicyclic) bond motifs is 2. The molecular weight excluding hydrogens is 151 g/mol. The number of hydrogen-bond acceptors (Lipinski definition) is 2. The summed E-state index contributed by atoms with van der Waals surface area (Å²) in [5.74, 6) is 0. The molecule has 0 aliphatic carbocycles. The minimum atomic E-state index is 0.155. The Labute approximate surface area is 75.0 Å². The van der Waals surface area contributed by atoms with Gasteiger partial charge in [0.1, 0.15) is 7.85 Å². The lowest BCUT2D eigenvalue weighted by atomic mass is 9.85. The van der Waals surface area contributed by atoms with Crippen LogP contribution in [0.2, 0.25) is 0 Å². The third-order valence-electron chi connectivity index (χ3n) is 3.24. The lowest BCUT2D eigenvalue weighted by molar-refractivity contribution is -0.0618. The van der Waals surface area contributed by atoms with Crippen molar-refractivity contribution >= 4 is 7.85 Å². The molecule has 0 amide bonds. The zero-order chi connectivity index (χ0) is 8.77. The standard InChI is InChI=1S/C9H17BO2/c1-3-9-4-6(2)11-7(5-9)8(10)12-9/h6-8H,3-5,10H2,1-2H3/t6?,7-,8?,9?/m0/s1. The van der Waals surface area contributed by atoms with Crippen LogP contribution in [0, 0.1) is 0 Å². The summed E-state index contributed by atoms with van der Waals surface area (Å²) in [6, 6.07) is 0.301. The lowest BCUT2D eigenvalue weighted by Crippen LogP contribution is -2.38. The van der Waals surface area contributed by atoms with Crippen LogP contribution >= 0.6 is 0 Å². The molecule has 3 heteroatoms. The zero-order valence-electron chi connectivity index (χ0n) is 8.17. The second kappa shape index (κ2) is 2.74. The normalized spacial score (nSPS) is 52.7. The van der Waals surface area contributed by atoms with Crippen molar-refractivity contribution in [2.75, 3.05) is 0 Å². The van der Waals surface area contributed by atoms with Crippen molar-refractivity contribution in [1.29, 1.82) is 0 Å². The molecule has 2 aliphatic heterocycles. The molecule has 2 saturated heterocycles. The number of ether oxygens (including phenoxy) is 2. The molecule has 0 radical (unpaired) electrons. The van der Waals surface area contributed by atoms with Crippen LogP contribution in [0.3, 0.4) is 0 Å². The quantitative estimate of drug-likeness (QED) is 0.536. The van der Waals surface area contributed by atoms with E-state index in [0.717, 1.165) is 19.3 Å². The summed E-state index contributed by atoms with van der Waals surface area (Å²) in [5, 5.41) is 0. The van der Waals surface area contributed by atoms with Crippen LogP contribution in [0.1, 0.15) is 33.1 Å². The lowest BCUT2D eigenvalue weighted by Gasteiger charge is -2.34. The Hall–Kier alpha value is -0.0151. The third kappa shape index (κ3) is 1.19. The molecule has 68 valence electrons. The summed E-state index contributed by atoms with van der Waals surface area (Å²) in [5.41, 5.74) is 0.155.